The van der Waals surface area contributed by atoms with Gasteiger partial charge in [-0.15, -0.1) is 0 Å². The van der Waals surface area contributed by atoms with E-state index in [1.165, 1.54) is 61.5 Å². The third-order valence-corrected chi connectivity index (χ3v) is 10.5. The summed E-state index contributed by atoms with van der Waals surface area (Å²) in [5.74, 6) is 0. The molecule has 0 bridgehead atoms. The number of aromatic nitrogens is 1. The Kier molecular flexibility index (Phi) is 6.95. The van der Waals surface area contributed by atoms with Crippen LogP contribution in [0, 0.1) is 0 Å². The van der Waals surface area contributed by atoms with Gasteiger partial charge in [-0.25, -0.2) is 0 Å². The molecule has 0 N–H and O–H groups in total. The summed E-state index contributed by atoms with van der Waals surface area (Å²) in [6.07, 6.45) is 3.41. The summed E-state index contributed by atoms with van der Waals surface area (Å²) >= 11 is 0. The first-order chi connectivity index (χ1) is 25.3. The Balaban J connectivity index is 1.10. The van der Waals surface area contributed by atoms with E-state index in [1.807, 2.05) is 0 Å². The second-order valence-corrected chi connectivity index (χ2v) is 13.4. The predicted molar refractivity (Wildman–Crippen MR) is 214 cm³/mol. The first kappa shape index (κ1) is 29.3. The highest BCUT2D eigenvalue weighted by Gasteiger charge is 2.39. The quantitative estimate of drug-likeness (QED) is 0.177. The summed E-state index contributed by atoms with van der Waals surface area (Å²) in [6.45, 7) is 0. The normalized spacial score (nSPS) is 14.5. The second-order valence-electron chi connectivity index (χ2n) is 13.4. The first-order valence-electron chi connectivity index (χ1n) is 17.7. The maximum absolute atomic E-state index is 2.56. The lowest BCUT2D eigenvalue weighted by atomic mass is 9.88. The minimum absolute atomic E-state index is 0.202. The molecule has 242 valence electrons. The molecular formula is C48H35N3. The average Bonchev–Trinajstić information content (AvgIpc) is 3.70. The van der Waals surface area contributed by atoms with Gasteiger partial charge in [0, 0.05) is 51.5 Å². The number of rotatable bonds is 6. The van der Waals surface area contributed by atoms with E-state index in [0.29, 0.717) is 0 Å². The van der Waals surface area contributed by atoms with Crippen LogP contribution in [0.4, 0.5) is 28.4 Å². The van der Waals surface area contributed by atoms with Crippen LogP contribution in [0.2, 0.25) is 0 Å². The third-order valence-electron chi connectivity index (χ3n) is 10.5. The molecule has 0 radical (unpaired) electrons. The van der Waals surface area contributed by atoms with Crippen molar-refractivity contribution in [3.8, 4) is 16.8 Å². The molecule has 0 saturated heterocycles. The molecule has 1 atom stereocenters. The molecule has 1 aromatic heterocycles. The van der Waals surface area contributed by atoms with E-state index in [4.69, 9.17) is 0 Å². The smallest absolute Gasteiger partial charge is 0.0640 e. The third kappa shape index (κ3) is 4.89. The zero-order chi connectivity index (χ0) is 33.7. The van der Waals surface area contributed by atoms with Crippen molar-refractivity contribution < 1.29 is 0 Å². The Morgan fingerprint density at radius 3 is 1.71 bits per heavy atom. The van der Waals surface area contributed by atoms with Gasteiger partial charge in [0.2, 0.25) is 0 Å². The molecule has 3 heteroatoms. The summed E-state index contributed by atoms with van der Waals surface area (Å²) in [5.41, 5.74) is 16.1. The fraction of sp³-hybridized carbons (Fsp3) is 0.0417. The van der Waals surface area contributed by atoms with Crippen LogP contribution in [0.5, 0.6) is 0 Å². The lowest BCUT2D eigenvalue weighted by Crippen LogP contribution is -2.30. The van der Waals surface area contributed by atoms with Gasteiger partial charge in [-0.05, 0) is 107 Å². The van der Waals surface area contributed by atoms with Crippen molar-refractivity contribution >= 4 is 51.0 Å². The highest BCUT2D eigenvalue weighted by molar-refractivity contribution is 6.04. The molecule has 51 heavy (non-hydrogen) atoms. The van der Waals surface area contributed by atoms with Crippen LogP contribution < -0.4 is 9.80 Å². The van der Waals surface area contributed by atoms with Gasteiger partial charge in [0.1, 0.15) is 0 Å². The number of nitrogens with zero attached hydrogens (tertiary/aromatic N) is 3. The van der Waals surface area contributed by atoms with Crippen LogP contribution in [0.1, 0.15) is 16.8 Å². The monoisotopic (exact) mass is 653 g/mol. The predicted octanol–water partition coefficient (Wildman–Crippen LogP) is 12.4. The van der Waals surface area contributed by atoms with Crippen LogP contribution >= 0.6 is 0 Å². The molecule has 2 aliphatic rings. The molecule has 0 amide bonds. The van der Waals surface area contributed by atoms with Gasteiger partial charge >= 0.3 is 0 Å². The van der Waals surface area contributed by atoms with Gasteiger partial charge in [-0.1, -0.05) is 109 Å². The fourth-order valence-electron chi connectivity index (χ4n) is 8.22. The number of fused-ring (bicyclic) bond motifs is 6. The molecule has 3 nitrogen and oxygen atoms in total. The minimum Gasteiger partial charge on any atom is -0.333 e. The summed E-state index contributed by atoms with van der Waals surface area (Å²) in [6, 6.07) is 68.0. The zero-order valence-electron chi connectivity index (χ0n) is 28.1. The molecule has 7 aromatic carbocycles. The fourth-order valence-corrected chi connectivity index (χ4v) is 8.22. The van der Waals surface area contributed by atoms with Crippen molar-refractivity contribution in [3.05, 3.63) is 205 Å². The Bertz CT molecular complexity index is 2490. The summed E-state index contributed by atoms with van der Waals surface area (Å²) < 4.78 is 2.45. The van der Waals surface area contributed by atoms with Crippen LogP contribution in [-0.4, -0.2) is 10.6 Å². The molecule has 1 aliphatic heterocycles. The van der Waals surface area contributed by atoms with E-state index in [-0.39, 0.29) is 6.04 Å². The van der Waals surface area contributed by atoms with Gasteiger partial charge in [-0.2, -0.15) is 0 Å². The zero-order valence-corrected chi connectivity index (χ0v) is 28.1. The van der Waals surface area contributed by atoms with E-state index >= 15 is 0 Å². The van der Waals surface area contributed by atoms with E-state index < -0.39 is 0 Å². The highest BCUT2D eigenvalue weighted by atomic mass is 15.2. The van der Waals surface area contributed by atoms with Crippen LogP contribution in [-0.2, 0) is 6.42 Å². The van der Waals surface area contributed by atoms with Crippen molar-refractivity contribution in [2.75, 3.05) is 9.80 Å². The minimum atomic E-state index is 0.202. The molecule has 1 unspecified atom stereocenters. The number of para-hydroxylation sites is 5. The molecular weight excluding hydrogens is 619 g/mol. The maximum atomic E-state index is 2.56. The standard InChI is InChI=1S/C48H35N3/c1-5-15-36(16-6-1)49(37-17-7-2-8-18-37)40-28-25-34(26-29-40)35-27-30-46-42(31-35)44-33-47-43(32-48(44)51(46)39-21-11-4-12-22-39)41-23-13-14-24-45(41)50(47)38-19-9-3-10-20-38/h1-31,33,48H,32H2. The molecule has 2 heterocycles. The molecule has 0 fully saturated rings. The molecule has 1 aliphatic carbocycles. The largest absolute Gasteiger partial charge is 0.333 e. The van der Waals surface area contributed by atoms with Crippen molar-refractivity contribution in [1.82, 2.24) is 4.57 Å². The van der Waals surface area contributed by atoms with Crippen LogP contribution in [0.3, 0.4) is 0 Å². The van der Waals surface area contributed by atoms with Crippen molar-refractivity contribution in [2.24, 2.45) is 0 Å². The number of benzene rings is 7. The van der Waals surface area contributed by atoms with Gasteiger partial charge in [0.15, 0.2) is 0 Å². The summed E-state index contributed by atoms with van der Waals surface area (Å²) in [7, 11) is 0. The molecule has 0 spiro atoms. The Morgan fingerprint density at radius 1 is 0.490 bits per heavy atom. The molecule has 0 saturated carbocycles. The Morgan fingerprint density at radius 2 is 1.04 bits per heavy atom. The lowest BCUT2D eigenvalue weighted by Gasteiger charge is -2.30. The van der Waals surface area contributed by atoms with E-state index in [2.05, 4.69) is 209 Å². The topological polar surface area (TPSA) is 11.4 Å². The van der Waals surface area contributed by atoms with Crippen molar-refractivity contribution in [2.45, 2.75) is 12.5 Å². The van der Waals surface area contributed by atoms with Gasteiger partial charge < -0.3 is 14.4 Å². The number of hydrogen-bond donors (Lipinski definition) is 0. The number of anilines is 5. The van der Waals surface area contributed by atoms with Crippen LogP contribution in [0.25, 0.3) is 39.4 Å². The molecule has 10 rings (SSSR count). The van der Waals surface area contributed by atoms with Gasteiger partial charge in [-0.3, -0.25) is 0 Å². The van der Waals surface area contributed by atoms with Gasteiger partial charge in [0.25, 0.3) is 0 Å². The SMILES string of the molecule is C1=C2c3cc(-c4ccc(N(c5ccccc5)c5ccccc5)cc4)ccc3N(c3ccccc3)C2Cc2c1n(-c1ccccc1)c1ccccc21. The Hall–Kier alpha value is -6.58. The highest BCUT2D eigenvalue weighted by Crippen LogP contribution is 2.51. The van der Waals surface area contributed by atoms with Crippen molar-refractivity contribution in [3.63, 3.8) is 0 Å². The number of hydrogen-bond acceptors (Lipinski definition) is 2. The first-order valence-corrected chi connectivity index (χ1v) is 17.7. The van der Waals surface area contributed by atoms with Crippen molar-refractivity contribution in [1.29, 1.82) is 0 Å². The van der Waals surface area contributed by atoms with E-state index in [1.54, 1.807) is 0 Å². The molecule has 8 aromatic rings. The van der Waals surface area contributed by atoms with Gasteiger partial charge in [0.05, 0.1) is 17.3 Å². The Labute approximate surface area is 298 Å². The summed E-state index contributed by atoms with van der Waals surface area (Å²) in [4.78, 5) is 4.87. The van der Waals surface area contributed by atoms with E-state index in [0.717, 1.165) is 23.5 Å². The van der Waals surface area contributed by atoms with E-state index in [9.17, 15) is 0 Å². The summed E-state index contributed by atoms with van der Waals surface area (Å²) in [5, 5.41) is 1.33. The second kappa shape index (κ2) is 12.1. The van der Waals surface area contributed by atoms with Crippen LogP contribution in [0.15, 0.2) is 188 Å². The lowest BCUT2D eigenvalue weighted by molar-refractivity contribution is 0.806. The maximum Gasteiger partial charge on any atom is 0.0640 e. The average molecular weight is 654 g/mol.